The van der Waals surface area contributed by atoms with Crippen molar-refractivity contribution in [3.05, 3.63) is 0 Å². The number of nitrogens with zero attached hydrogens (tertiary/aromatic N) is 1. The van der Waals surface area contributed by atoms with Crippen LogP contribution < -0.4 is 5.32 Å². The molecule has 0 unspecified atom stereocenters. The summed E-state index contributed by atoms with van der Waals surface area (Å²) in [5.74, 6) is 0.945. The Kier molecular flexibility index (Phi) is 4.04. The first kappa shape index (κ1) is 11.4. The fourth-order valence-corrected chi connectivity index (χ4v) is 2.62. The Bertz CT molecular complexity index is 179. The Balaban J connectivity index is 1.60. The molecule has 1 N–H and O–H groups in total. The third-order valence-corrected chi connectivity index (χ3v) is 4.18. The van der Waals surface area contributed by atoms with Crippen LogP contribution in [0.15, 0.2) is 0 Å². The van der Waals surface area contributed by atoms with E-state index in [-0.39, 0.29) is 0 Å². The molecule has 0 amide bonds. The molecule has 0 bridgehead atoms. The second-order valence-corrected chi connectivity index (χ2v) is 5.61. The molecule has 2 aliphatic rings. The summed E-state index contributed by atoms with van der Waals surface area (Å²) in [7, 11) is 0. The van der Waals surface area contributed by atoms with Gasteiger partial charge in [-0.25, -0.2) is 0 Å². The molecule has 0 aromatic rings. The molecular weight excluding hydrogens is 184 g/mol. The van der Waals surface area contributed by atoms with Crippen LogP contribution in [0.4, 0.5) is 0 Å². The van der Waals surface area contributed by atoms with Gasteiger partial charge in [0.1, 0.15) is 0 Å². The van der Waals surface area contributed by atoms with E-state index in [1.165, 1.54) is 51.7 Å². The van der Waals surface area contributed by atoms with Crippen LogP contribution in [0.25, 0.3) is 0 Å². The fourth-order valence-electron chi connectivity index (χ4n) is 2.62. The van der Waals surface area contributed by atoms with Gasteiger partial charge in [0, 0.05) is 12.1 Å². The monoisotopic (exact) mass is 210 g/mol. The zero-order valence-corrected chi connectivity index (χ0v) is 10.3. The van der Waals surface area contributed by atoms with E-state index in [0.29, 0.717) is 0 Å². The number of rotatable bonds is 4. The average Bonchev–Trinajstić information content (AvgIpc) is 2.16. The van der Waals surface area contributed by atoms with Crippen molar-refractivity contribution < 1.29 is 0 Å². The molecule has 0 aromatic carbocycles. The minimum Gasteiger partial charge on any atom is -0.314 e. The van der Waals surface area contributed by atoms with Gasteiger partial charge in [0.2, 0.25) is 0 Å². The molecule has 0 atom stereocenters. The lowest BCUT2D eigenvalue weighted by Gasteiger charge is -2.36. The molecule has 2 fully saturated rings. The number of piperidine rings is 1. The van der Waals surface area contributed by atoms with Crippen molar-refractivity contribution in [1.29, 1.82) is 0 Å². The SMILES string of the molecule is CC(C)N1CCC(CNC2CCC2)CC1. The normalized spacial score (nSPS) is 25.8. The van der Waals surface area contributed by atoms with E-state index in [0.717, 1.165) is 18.0 Å². The van der Waals surface area contributed by atoms with Gasteiger partial charge in [-0.05, 0) is 65.1 Å². The molecule has 1 saturated heterocycles. The molecule has 1 aliphatic carbocycles. The van der Waals surface area contributed by atoms with Crippen molar-refractivity contribution in [2.24, 2.45) is 5.92 Å². The van der Waals surface area contributed by atoms with E-state index in [9.17, 15) is 0 Å². The molecule has 88 valence electrons. The van der Waals surface area contributed by atoms with Gasteiger partial charge in [-0.3, -0.25) is 0 Å². The van der Waals surface area contributed by atoms with Gasteiger partial charge in [0.15, 0.2) is 0 Å². The van der Waals surface area contributed by atoms with E-state index in [2.05, 4.69) is 24.1 Å². The summed E-state index contributed by atoms with van der Waals surface area (Å²) < 4.78 is 0. The number of hydrogen-bond donors (Lipinski definition) is 1. The summed E-state index contributed by atoms with van der Waals surface area (Å²) in [6.07, 6.45) is 7.09. The minimum absolute atomic E-state index is 0.741. The van der Waals surface area contributed by atoms with Crippen LogP contribution in [0.2, 0.25) is 0 Å². The molecule has 0 spiro atoms. The molecule has 0 radical (unpaired) electrons. The van der Waals surface area contributed by atoms with Crippen LogP contribution in [-0.4, -0.2) is 36.6 Å². The fraction of sp³-hybridized carbons (Fsp3) is 1.00. The van der Waals surface area contributed by atoms with Gasteiger partial charge < -0.3 is 10.2 Å². The Hall–Kier alpha value is -0.0800. The van der Waals surface area contributed by atoms with Crippen molar-refractivity contribution in [1.82, 2.24) is 10.2 Å². The zero-order chi connectivity index (χ0) is 10.7. The topological polar surface area (TPSA) is 15.3 Å². The molecule has 2 heteroatoms. The van der Waals surface area contributed by atoms with Crippen molar-refractivity contribution in [3.8, 4) is 0 Å². The summed E-state index contributed by atoms with van der Waals surface area (Å²) in [5, 5.41) is 3.71. The predicted molar refractivity (Wildman–Crippen MR) is 65.1 cm³/mol. The molecule has 1 saturated carbocycles. The van der Waals surface area contributed by atoms with E-state index in [4.69, 9.17) is 0 Å². The van der Waals surface area contributed by atoms with Gasteiger partial charge in [-0.2, -0.15) is 0 Å². The van der Waals surface area contributed by atoms with Gasteiger partial charge >= 0.3 is 0 Å². The zero-order valence-electron chi connectivity index (χ0n) is 10.3. The second kappa shape index (κ2) is 5.31. The van der Waals surface area contributed by atoms with Crippen molar-refractivity contribution >= 4 is 0 Å². The largest absolute Gasteiger partial charge is 0.314 e. The standard InChI is InChI=1S/C13H26N2/c1-11(2)15-8-6-12(7-9-15)10-14-13-4-3-5-13/h11-14H,3-10H2,1-2H3. The summed E-state index contributed by atoms with van der Waals surface area (Å²) >= 11 is 0. The summed E-state index contributed by atoms with van der Waals surface area (Å²) in [5.41, 5.74) is 0. The maximum absolute atomic E-state index is 3.71. The quantitative estimate of drug-likeness (QED) is 0.765. The lowest BCUT2D eigenvalue weighted by molar-refractivity contribution is 0.144. The summed E-state index contributed by atoms with van der Waals surface area (Å²) in [6.45, 7) is 8.53. The van der Waals surface area contributed by atoms with Crippen LogP contribution in [0.3, 0.4) is 0 Å². The molecular formula is C13H26N2. The molecule has 2 rings (SSSR count). The van der Waals surface area contributed by atoms with Crippen LogP contribution in [0.5, 0.6) is 0 Å². The van der Waals surface area contributed by atoms with Crippen molar-refractivity contribution in [2.45, 2.75) is 58.0 Å². The predicted octanol–water partition coefficient (Wildman–Crippen LogP) is 2.25. The van der Waals surface area contributed by atoms with Crippen molar-refractivity contribution in [3.63, 3.8) is 0 Å². The van der Waals surface area contributed by atoms with Gasteiger partial charge in [0.05, 0.1) is 0 Å². The molecule has 1 aliphatic heterocycles. The van der Waals surface area contributed by atoms with Crippen molar-refractivity contribution in [2.75, 3.05) is 19.6 Å². The number of likely N-dealkylation sites (tertiary alicyclic amines) is 1. The van der Waals surface area contributed by atoms with Crippen LogP contribution in [0, 0.1) is 5.92 Å². The Morgan fingerprint density at radius 1 is 1.13 bits per heavy atom. The lowest BCUT2D eigenvalue weighted by atomic mass is 9.91. The second-order valence-electron chi connectivity index (χ2n) is 5.61. The third-order valence-electron chi connectivity index (χ3n) is 4.18. The van der Waals surface area contributed by atoms with Gasteiger partial charge in [0.25, 0.3) is 0 Å². The Morgan fingerprint density at radius 2 is 1.80 bits per heavy atom. The van der Waals surface area contributed by atoms with Crippen LogP contribution in [-0.2, 0) is 0 Å². The smallest absolute Gasteiger partial charge is 0.00671 e. The first-order valence-corrected chi connectivity index (χ1v) is 6.73. The van der Waals surface area contributed by atoms with E-state index >= 15 is 0 Å². The van der Waals surface area contributed by atoms with Crippen LogP contribution >= 0.6 is 0 Å². The highest BCUT2D eigenvalue weighted by Gasteiger charge is 2.22. The van der Waals surface area contributed by atoms with Gasteiger partial charge in [-0.15, -0.1) is 0 Å². The molecule has 1 heterocycles. The maximum Gasteiger partial charge on any atom is 0.00671 e. The molecule has 2 nitrogen and oxygen atoms in total. The first-order valence-electron chi connectivity index (χ1n) is 6.73. The molecule has 15 heavy (non-hydrogen) atoms. The van der Waals surface area contributed by atoms with E-state index in [1.807, 2.05) is 0 Å². The Morgan fingerprint density at radius 3 is 2.27 bits per heavy atom. The summed E-state index contributed by atoms with van der Waals surface area (Å²) in [6, 6.07) is 1.61. The first-order chi connectivity index (χ1) is 7.25. The maximum atomic E-state index is 3.71. The highest BCUT2D eigenvalue weighted by molar-refractivity contribution is 4.80. The summed E-state index contributed by atoms with van der Waals surface area (Å²) in [4.78, 5) is 2.61. The highest BCUT2D eigenvalue weighted by atomic mass is 15.1. The minimum atomic E-state index is 0.741. The average molecular weight is 210 g/mol. The number of hydrogen-bond acceptors (Lipinski definition) is 2. The molecule has 0 aromatic heterocycles. The van der Waals surface area contributed by atoms with E-state index in [1.54, 1.807) is 0 Å². The third kappa shape index (κ3) is 3.18. The van der Waals surface area contributed by atoms with Crippen LogP contribution in [0.1, 0.15) is 46.0 Å². The van der Waals surface area contributed by atoms with Gasteiger partial charge in [-0.1, -0.05) is 6.42 Å². The lowest BCUT2D eigenvalue weighted by Crippen LogP contribution is -2.43. The highest BCUT2D eigenvalue weighted by Crippen LogP contribution is 2.21. The number of nitrogens with one attached hydrogen (secondary N) is 1. The Labute approximate surface area is 94.4 Å². The van der Waals surface area contributed by atoms with E-state index < -0.39 is 0 Å².